The molecule has 0 spiro atoms. The van der Waals surface area contributed by atoms with Crippen LogP contribution in [0, 0.1) is 6.92 Å². The second-order valence-electron chi connectivity index (χ2n) is 5.06. The molecule has 1 aromatic carbocycles. The van der Waals surface area contributed by atoms with Gasteiger partial charge in [-0.15, -0.1) is 0 Å². The fourth-order valence-corrected chi connectivity index (χ4v) is 2.78. The molecule has 0 saturated heterocycles. The van der Waals surface area contributed by atoms with Crippen molar-refractivity contribution in [2.75, 3.05) is 6.54 Å². The number of hydrogen-bond acceptors (Lipinski definition) is 2. The Morgan fingerprint density at radius 3 is 3.06 bits per heavy atom. The van der Waals surface area contributed by atoms with Gasteiger partial charge >= 0.3 is 0 Å². The lowest BCUT2D eigenvalue weighted by Gasteiger charge is -2.20. The molecule has 1 aliphatic heterocycles. The van der Waals surface area contributed by atoms with Gasteiger partial charge in [0.25, 0.3) is 0 Å². The number of hydrogen-bond donors (Lipinski definition) is 1. The highest BCUT2D eigenvalue weighted by Gasteiger charge is 2.13. The summed E-state index contributed by atoms with van der Waals surface area (Å²) in [6.07, 6.45) is 2.12. The van der Waals surface area contributed by atoms with Crippen LogP contribution in [-0.2, 0) is 26.4 Å². The summed E-state index contributed by atoms with van der Waals surface area (Å²) in [4.78, 5) is 0. The number of aryl methyl sites for hydroxylation is 2. The Morgan fingerprint density at radius 2 is 2.28 bits per heavy atom. The van der Waals surface area contributed by atoms with E-state index in [4.69, 9.17) is 0 Å². The Balaban J connectivity index is 1.95. The first-order valence-electron chi connectivity index (χ1n) is 6.54. The zero-order valence-corrected chi connectivity index (χ0v) is 11.0. The Kier molecular flexibility index (Phi) is 2.92. The third kappa shape index (κ3) is 2.06. The van der Waals surface area contributed by atoms with Crippen LogP contribution < -0.4 is 5.32 Å². The van der Waals surface area contributed by atoms with Gasteiger partial charge in [-0.1, -0.05) is 18.2 Å². The summed E-state index contributed by atoms with van der Waals surface area (Å²) in [7, 11) is 2.02. The van der Waals surface area contributed by atoms with Crippen molar-refractivity contribution in [1.82, 2.24) is 15.1 Å². The Hall–Kier alpha value is -1.61. The van der Waals surface area contributed by atoms with Crippen LogP contribution in [0.2, 0.25) is 0 Å². The van der Waals surface area contributed by atoms with Crippen LogP contribution in [0.25, 0.3) is 0 Å². The number of benzene rings is 1. The van der Waals surface area contributed by atoms with Gasteiger partial charge in [0.1, 0.15) is 0 Å². The lowest BCUT2D eigenvalue weighted by atomic mass is 9.93. The minimum Gasteiger partial charge on any atom is -0.312 e. The zero-order chi connectivity index (χ0) is 12.5. The molecule has 0 radical (unpaired) electrons. The molecule has 1 aromatic heterocycles. The van der Waals surface area contributed by atoms with Crippen molar-refractivity contribution in [3.05, 3.63) is 52.3 Å². The quantitative estimate of drug-likeness (QED) is 0.871. The lowest BCUT2D eigenvalue weighted by Crippen LogP contribution is -2.24. The average molecular weight is 241 g/mol. The van der Waals surface area contributed by atoms with E-state index in [1.54, 1.807) is 0 Å². The average Bonchev–Trinajstić information content (AvgIpc) is 2.68. The molecule has 0 amide bonds. The largest absolute Gasteiger partial charge is 0.312 e. The predicted octanol–water partition coefficient (Wildman–Crippen LogP) is 1.97. The van der Waals surface area contributed by atoms with Crippen molar-refractivity contribution in [3.63, 3.8) is 0 Å². The van der Waals surface area contributed by atoms with Gasteiger partial charge in [0.05, 0.1) is 5.69 Å². The highest BCUT2D eigenvalue weighted by atomic mass is 15.3. The molecule has 94 valence electrons. The number of fused-ring (bicyclic) bond motifs is 1. The minimum atomic E-state index is 0.974. The number of nitrogens with one attached hydrogen (secondary N) is 1. The molecular weight excluding hydrogens is 222 g/mol. The number of rotatable bonds is 2. The fraction of sp³-hybridized carbons (Fsp3) is 0.400. The van der Waals surface area contributed by atoms with Crippen LogP contribution in [-0.4, -0.2) is 16.3 Å². The monoisotopic (exact) mass is 241 g/mol. The summed E-state index contributed by atoms with van der Waals surface area (Å²) in [6.45, 7) is 4.15. The summed E-state index contributed by atoms with van der Waals surface area (Å²) in [5, 5.41) is 7.88. The summed E-state index contributed by atoms with van der Waals surface area (Å²) in [5.74, 6) is 0. The maximum absolute atomic E-state index is 4.42. The summed E-state index contributed by atoms with van der Waals surface area (Å²) in [6, 6.07) is 8.86. The van der Waals surface area contributed by atoms with Gasteiger partial charge in [-0.05, 0) is 42.6 Å². The molecule has 0 saturated carbocycles. The van der Waals surface area contributed by atoms with Crippen LogP contribution in [0.4, 0.5) is 0 Å². The topological polar surface area (TPSA) is 29.9 Å². The van der Waals surface area contributed by atoms with Gasteiger partial charge in [0, 0.05) is 25.7 Å². The van der Waals surface area contributed by atoms with Crippen molar-refractivity contribution < 1.29 is 0 Å². The number of nitrogens with zero attached hydrogens (tertiary/aromatic N) is 2. The smallest absolute Gasteiger partial charge is 0.0596 e. The molecule has 0 fully saturated rings. The molecule has 3 rings (SSSR count). The summed E-state index contributed by atoms with van der Waals surface area (Å²) in [5.41, 5.74) is 6.80. The summed E-state index contributed by atoms with van der Waals surface area (Å²) >= 11 is 0. The predicted molar refractivity (Wildman–Crippen MR) is 72.6 cm³/mol. The van der Waals surface area contributed by atoms with Crippen LogP contribution in [0.15, 0.2) is 24.3 Å². The maximum atomic E-state index is 4.42. The Morgan fingerprint density at radius 1 is 1.39 bits per heavy atom. The fourth-order valence-electron chi connectivity index (χ4n) is 2.78. The molecular formula is C15H19N3. The first-order chi connectivity index (χ1) is 8.74. The highest BCUT2D eigenvalue weighted by molar-refractivity contribution is 5.39. The van der Waals surface area contributed by atoms with Crippen molar-refractivity contribution in [2.45, 2.75) is 26.3 Å². The van der Waals surface area contributed by atoms with E-state index in [9.17, 15) is 0 Å². The first kappa shape index (κ1) is 11.5. The van der Waals surface area contributed by atoms with Gasteiger partial charge in [-0.2, -0.15) is 5.10 Å². The molecule has 0 unspecified atom stereocenters. The normalized spacial score (nSPS) is 14.6. The van der Waals surface area contributed by atoms with E-state index in [1.807, 2.05) is 18.7 Å². The lowest BCUT2D eigenvalue weighted by molar-refractivity contribution is 0.636. The van der Waals surface area contributed by atoms with Crippen molar-refractivity contribution in [1.29, 1.82) is 0 Å². The molecule has 0 atom stereocenters. The van der Waals surface area contributed by atoms with Crippen LogP contribution in [0.5, 0.6) is 0 Å². The molecule has 0 bridgehead atoms. The molecule has 1 aliphatic rings. The zero-order valence-electron chi connectivity index (χ0n) is 11.0. The van der Waals surface area contributed by atoms with Gasteiger partial charge in [-0.3, -0.25) is 4.68 Å². The third-order valence-electron chi connectivity index (χ3n) is 3.71. The van der Waals surface area contributed by atoms with E-state index in [0.29, 0.717) is 0 Å². The van der Waals surface area contributed by atoms with Crippen molar-refractivity contribution in [3.8, 4) is 0 Å². The highest BCUT2D eigenvalue weighted by Crippen LogP contribution is 2.21. The van der Waals surface area contributed by atoms with Crippen LogP contribution >= 0.6 is 0 Å². The molecule has 0 aliphatic carbocycles. The van der Waals surface area contributed by atoms with Crippen molar-refractivity contribution in [2.24, 2.45) is 7.05 Å². The van der Waals surface area contributed by atoms with E-state index in [-0.39, 0.29) is 0 Å². The van der Waals surface area contributed by atoms with E-state index >= 15 is 0 Å². The van der Waals surface area contributed by atoms with E-state index in [2.05, 4.69) is 34.7 Å². The molecule has 18 heavy (non-hydrogen) atoms. The van der Waals surface area contributed by atoms with Gasteiger partial charge in [0.2, 0.25) is 0 Å². The molecule has 2 aromatic rings. The minimum absolute atomic E-state index is 0.974. The second kappa shape index (κ2) is 4.58. The standard InChI is InChI=1S/C15H19N3/c1-11-8-14(18(2)17-11)9-13-5-3-4-12-6-7-16-10-15(12)13/h3-5,8,16H,6-7,9-10H2,1-2H3. The molecule has 1 N–H and O–H groups in total. The van der Waals surface area contributed by atoms with Gasteiger partial charge in [-0.25, -0.2) is 0 Å². The first-order valence-corrected chi connectivity index (χ1v) is 6.54. The van der Waals surface area contributed by atoms with E-state index in [0.717, 1.165) is 31.6 Å². The van der Waals surface area contributed by atoms with Crippen LogP contribution in [0.3, 0.4) is 0 Å². The molecule has 3 nitrogen and oxygen atoms in total. The SMILES string of the molecule is Cc1cc(Cc2cccc3c2CNCC3)n(C)n1. The van der Waals surface area contributed by atoms with Crippen molar-refractivity contribution >= 4 is 0 Å². The maximum Gasteiger partial charge on any atom is 0.0596 e. The Bertz CT molecular complexity index is 569. The number of aromatic nitrogens is 2. The molecule has 3 heteroatoms. The van der Waals surface area contributed by atoms with Crippen LogP contribution in [0.1, 0.15) is 28.1 Å². The second-order valence-corrected chi connectivity index (χ2v) is 5.06. The van der Waals surface area contributed by atoms with E-state index < -0.39 is 0 Å². The summed E-state index contributed by atoms with van der Waals surface area (Å²) < 4.78 is 1.99. The van der Waals surface area contributed by atoms with E-state index in [1.165, 1.54) is 22.4 Å². The Labute approximate surface area is 108 Å². The molecule has 2 heterocycles. The van der Waals surface area contributed by atoms with Gasteiger partial charge in [0.15, 0.2) is 0 Å². The van der Waals surface area contributed by atoms with Gasteiger partial charge < -0.3 is 5.32 Å². The third-order valence-corrected chi connectivity index (χ3v) is 3.71.